The fourth-order valence-corrected chi connectivity index (χ4v) is 2.66. The van der Waals surface area contributed by atoms with E-state index in [1.54, 1.807) is 12.1 Å². The number of nitrogens with one attached hydrogen (secondary N) is 2. The minimum absolute atomic E-state index is 0.582. The summed E-state index contributed by atoms with van der Waals surface area (Å²) in [7, 11) is 0. The van der Waals surface area contributed by atoms with E-state index in [-0.39, 0.29) is 0 Å². The van der Waals surface area contributed by atoms with Gasteiger partial charge in [-0.2, -0.15) is 5.26 Å². The molecule has 3 nitrogen and oxygen atoms in total. The Balaban J connectivity index is 2.28. The van der Waals surface area contributed by atoms with E-state index in [1.807, 2.05) is 12.1 Å². The van der Waals surface area contributed by atoms with Crippen molar-refractivity contribution in [2.45, 2.75) is 53.4 Å². The van der Waals surface area contributed by atoms with Crippen LogP contribution in [0.1, 0.15) is 58.9 Å². The molecule has 0 aliphatic rings. The van der Waals surface area contributed by atoms with Gasteiger partial charge in [0.1, 0.15) is 0 Å². The van der Waals surface area contributed by atoms with Crippen molar-refractivity contribution in [3.8, 4) is 6.07 Å². The molecule has 27 heavy (non-hydrogen) atoms. The van der Waals surface area contributed by atoms with Crippen LogP contribution in [0.15, 0.2) is 59.2 Å². The molecule has 0 aliphatic carbocycles. The third-order valence-corrected chi connectivity index (χ3v) is 4.35. The SMILES string of the molecule is CC(C)=CCC/C(C)=C/CC/C(C)=C/CNC(=S)Nc1ccc(C#N)cc1. The van der Waals surface area contributed by atoms with Gasteiger partial charge < -0.3 is 10.6 Å². The van der Waals surface area contributed by atoms with Crippen molar-refractivity contribution in [1.29, 1.82) is 5.26 Å². The zero-order valence-corrected chi connectivity index (χ0v) is 17.7. The lowest BCUT2D eigenvalue weighted by Crippen LogP contribution is -2.28. The maximum Gasteiger partial charge on any atom is 0.171 e. The van der Waals surface area contributed by atoms with Crippen LogP contribution >= 0.6 is 12.2 Å². The van der Waals surface area contributed by atoms with Crippen molar-refractivity contribution in [2.24, 2.45) is 0 Å². The van der Waals surface area contributed by atoms with Gasteiger partial charge in [-0.1, -0.05) is 34.9 Å². The van der Waals surface area contributed by atoms with Crippen molar-refractivity contribution in [1.82, 2.24) is 5.32 Å². The topological polar surface area (TPSA) is 47.8 Å². The fraction of sp³-hybridized carbons (Fsp3) is 0.391. The van der Waals surface area contributed by atoms with Crippen LogP contribution in [0.25, 0.3) is 0 Å². The second-order valence-electron chi connectivity index (χ2n) is 6.98. The zero-order valence-electron chi connectivity index (χ0n) is 16.9. The monoisotopic (exact) mass is 381 g/mol. The number of thiocarbonyl (C=S) groups is 1. The summed E-state index contributed by atoms with van der Waals surface area (Å²) < 4.78 is 0. The molecule has 0 aromatic heterocycles. The summed E-state index contributed by atoms with van der Waals surface area (Å²) in [5, 5.41) is 15.7. The summed E-state index contributed by atoms with van der Waals surface area (Å²) >= 11 is 5.30. The molecular weight excluding hydrogens is 350 g/mol. The number of hydrogen-bond donors (Lipinski definition) is 2. The molecule has 0 radical (unpaired) electrons. The number of anilines is 1. The Bertz CT molecular complexity index is 730. The Morgan fingerprint density at radius 3 is 2.15 bits per heavy atom. The summed E-state index contributed by atoms with van der Waals surface area (Å²) in [4.78, 5) is 0. The molecule has 0 amide bonds. The number of benzene rings is 1. The van der Waals surface area contributed by atoms with E-state index in [0.29, 0.717) is 17.2 Å². The van der Waals surface area contributed by atoms with Crippen molar-refractivity contribution >= 4 is 23.0 Å². The summed E-state index contributed by atoms with van der Waals surface area (Å²) in [5.74, 6) is 0. The average Bonchev–Trinajstić information content (AvgIpc) is 2.62. The highest BCUT2D eigenvalue weighted by atomic mass is 32.1. The highest BCUT2D eigenvalue weighted by Gasteiger charge is 1.97. The molecule has 0 saturated carbocycles. The van der Waals surface area contributed by atoms with Crippen molar-refractivity contribution in [2.75, 3.05) is 11.9 Å². The normalized spacial score (nSPS) is 11.5. The Morgan fingerprint density at radius 2 is 1.56 bits per heavy atom. The van der Waals surface area contributed by atoms with Gasteiger partial charge in [0.25, 0.3) is 0 Å². The molecule has 144 valence electrons. The van der Waals surface area contributed by atoms with E-state index >= 15 is 0 Å². The van der Waals surface area contributed by atoms with Crippen LogP contribution in [0.5, 0.6) is 0 Å². The van der Waals surface area contributed by atoms with Gasteiger partial charge in [-0.15, -0.1) is 0 Å². The molecule has 0 spiro atoms. The molecule has 0 unspecified atom stereocenters. The lowest BCUT2D eigenvalue weighted by atomic mass is 10.1. The number of nitriles is 1. The Morgan fingerprint density at radius 1 is 0.963 bits per heavy atom. The summed E-state index contributed by atoms with van der Waals surface area (Å²) in [5.41, 5.74) is 5.73. The first-order valence-electron chi connectivity index (χ1n) is 9.40. The molecule has 1 aromatic rings. The molecule has 2 N–H and O–H groups in total. The molecule has 4 heteroatoms. The first-order valence-corrected chi connectivity index (χ1v) is 9.81. The molecule has 1 aromatic carbocycles. The predicted octanol–water partition coefficient (Wildman–Crippen LogP) is 6.26. The summed E-state index contributed by atoms with van der Waals surface area (Å²) in [6.07, 6.45) is 11.2. The number of allylic oxidation sites excluding steroid dienone is 5. The summed E-state index contributed by atoms with van der Waals surface area (Å²) in [6.45, 7) is 9.37. The minimum atomic E-state index is 0.582. The van der Waals surface area contributed by atoms with E-state index in [1.165, 1.54) is 16.7 Å². The minimum Gasteiger partial charge on any atom is -0.359 e. The van der Waals surface area contributed by atoms with Gasteiger partial charge in [-0.3, -0.25) is 0 Å². The molecule has 0 saturated heterocycles. The molecule has 0 bridgehead atoms. The largest absolute Gasteiger partial charge is 0.359 e. The highest BCUT2D eigenvalue weighted by Crippen LogP contribution is 2.11. The van der Waals surface area contributed by atoms with Gasteiger partial charge in [-0.25, -0.2) is 0 Å². The lowest BCUT2D eigenvalue weighted by molar-refractivity contribution is 0.910. The first-order chi connectivity index (χ1) is 12.9. The number of rotatable bonds is 9. The Labute approximate surface area is 169 Å². The van der Waals surface area contributed by atoms with Crippen LogP contribution in [0.2, 0.25) is 0 Å². The van der Waals surface area contributed by atoms with Gasteiger partial charge in [0.05, 0.1) is 11.6 Å². The second kappa shape index (κ2) is 12.9. The Hall–Kier alpha value is -2.38. The quantitative estimate of drug-likeness (QED) is 0.391. The lowest BCUT2D eigenvalue weighted by Gasteiger charge is -2.09. The van der Waals surface area contributed by atoms with Gasteiger partial charge in [0, 0.05) is 12.2 Å². The van der Waals surface area contributed by atoms with Crippen LogP contribution < -0.4 is 10.6 Å². The van der Waals surface area contributed by atoms with E-state index in [0.717, 1.165) is 31.4 Å². The van der Waals surface area contributed by atoms with Gasteiger partial charge in [0.15, 0.2) is 5.11 Å². The smallest absolute Gasteiger partial charge is 0.171 e. The van der Waals surface area contributed by atoms with Crippen LogP contribution in [-0.2, 0) is 0 Å². The fourth-order valence-electron chi connectivity index (χ4n) is 2.46. The molecule has 0 atom stereocenters. The standard InChI is InChI=1S/C23H31N3S/c1-18(2)7-5-8-19(3)9-6-10-20(4)15-16-25-23(27)26-22-13-11-21(17-24)12-14-22/h7,9,11-15H,5-6,8,10,16H2,1-4H3,(H2,25,26,27)/b19-9+,20-15+. The van der Waals surface area contributed by atoms with E-state index < -0.39 is 0 Å². The number of nitrogens with zero attached hydrogens (tertiary/aromatic N) is 1. The summed E-state index contributed by atoms with van der Waals surface area (Å²) in [6, 6.07) is 9.33. The Kier molecular flexibility index (Phi) is 10.8. The van der Waals surface area contributed by atoms with E-state index in [4.69, 9.17) is 17.5 Å². The van der Waals surface area contributed by atoms with Crippen LogP contribution in [-0.4, -0.2) is 11.7 Å². The maximum absolute atomic E-state index is 8.81. The third-order valence-electron chi connectivity index (χ3n) is 4.11. The molecular formula is C23H31N3S. The molecule has 0 fully saturated rings. The zero-order chi connectivity index (χ0) is 20.1. The third kappa shape index (κ3) is 11.0. The van der Waals surface area contributed by atoms with Crippen LogP contribution in [0.3, 0.4) is 0 Å². The highest BCUT2D eigenvalue weighted by molar-refractivity contribution is 7.80. The number of hydrogen-bond acceptors (Lipinski definition) is 2. The van der Waals surface area contributed by atoms with Crippen molar-refractivity contribution in [3.63, 3.8) is 0 Å². The van der Waals surface area contributed by atoms with E-state index in [2.05, 4.69) is 62.6 Å². The van der Waals surface area contributed by atoms with Crippen molar-refractivity contribution < 1.29 is 0 Å². The molecule has 1 rings (SSSR count). The maximum atomic E-state index is 8.81. The van der Waals surface area contributed by atoms with Gasteiger partial charge in [-0.05, 0) is 89.9 Å². The van der Waals surface area contributed by atoms with Crippen LogP contribution in [0, 0.1) is 11.3 Å². The molecule has 0 aliphatic heterocycles. The average molecular weight is 382 g/mol. The first kappa shape index (κ1) is 22.7. The van der Waals surface area contributed by atoms with E-state index in [9.17, 15) is 0 Å². The van der Waals surface area contributed by atoms with Crippen LogP contribution in [0.4, 0.5) is 5.69 Å². The predicted molar refractivity (Wildman–Crippen MR) is 121 cm³/mol. The van der Waals surface area contributed by atoms with Gasteiger partial charge >= 0.3 is 0 Å². The van der Waals surface area contributed by atoms with Crippen molar-refractivity contribution in [3.05, 3.63) is 64.8 Å². The second-order valence-corrected chi connectivity index (χ2v) is 7.39. The van der Waals surface area contributed by atoms with Gasteiger partial charge in [0.2, 0.25) is 0 Å². The molecule has 0 heterocycles.